The Hall–Kier alpha value is -1.06. The third-order valence-electron chi connectivity index (χ3n) is 1.81. The van der Waals surface area contributed by atoms with E-state index in [1.54, 1.807) is 0 Å². The lowest BCUT2D eigenvalue weighted by Crippen LogP contribution is -2.11. The molecule has 58 valence electrons. The molecule has 3 nitrogen and oxygen atoms in total. The SMILES string of the molecule is N#CCCC(C#N)CN1CC1. The zero-order valence-electron chi connectivity index (χ0n) is 6.45. The normalized spacial score (nSPS) is 18.4. The second kappa shape index (κ2) is 3.95. The predicted molar refractivity (Wildman–Crippen MR) is 40.4 cm³/mol. The van der Waals surface area contributed by atoms with Gasteiger partial charge in [0, 0.05) is 26.1 Å². The Bertz CT molecular complexity index is 194. The molecule has 1 aliphatic rings. The molecule has 1 unspecified atom stereocenters. The molecular formula is C8H11N3. The summed E-state index contributed by atoms with van der Waals surface area (Å²) in [5.74, 6) is 0.0668. The van der Waals surface area contributed by atoms with Gasteiger partial charge < -0.3 is 0 Å². The lowest BCUT2D eigenvalue weighted by Gasteiger charge is -2.05. The predicted octanol–water partition coefficient (Wildman–Crippen LogP) is 0.746. The van der Waals surface area contributed by atoms with E-state index < -0.39 is 0 Å². The molecule has 0 aromatic rings. The lowest BCUT2D eigenvalue weighted by atomic mass is 10.1. The van der Waals surface area contributed by atoms with Crippen LogP contribution in [0.2, 0.25) is 0 Å². The van der Waals surface area contributed by atoms with Crippen molar-refractivity contribution in [1.29, 1.82) is 10.5 Å². The van der Waals surface area contributed by atoms with Gasteiger partial charge in [-0.15, -0.1) is 0 Å². The molecule has 0 aromatic carbocycles. The summed E-state index contributed by atoms with van der Waals surface area (Å²) in [5.41, 5.74) is 0. The summed E-state index contributed by atoms with van der Waals surface area (Å²) in [6, 6.07) is 4.27. The maximum atomic E-state index is 8.64. The standard InChI is InChI=1S/C8H11N3/c9-3-1-2-8(6-10)7-11-4-5-11/h8H,1-2,4-5,7H2. The van der Waals surface area contributed by atoms with E-state index in [2.05, 4.69) is 17.0 Å². The first-order valence-corrected chi connectivity index (χ1v) is 3.85. The van der Waals surface area contributed by atoms with Gasteiger partial charge in [-0.05, 0) is 6.42 Å². The summed E-state index contributed by atoms with van der Waals surface area (Å²) in [6.45, 7) is 3.12. The van der Waals surface area contributed by atoms with E-state index in [0.717, 1.165) is 26.1 Å². The van der Waals surface area contributed by atoms with Crippen LogP contribution >= 0.6 is 0 Å². The highest BCUT2D eigenvalue weighted by Gasteiger charge is 2.21. The van der Waals surface area contributed by atoms with Crippen molar-refractivity contribution in [2.24, 2.45) is 5.92 Å². The van der Waals surface area contributed by atoms with Crippen LogP contribution in [-0.2, 0) is 0 Å². The fourth-order valence-electron chi connectivity index (χ4n) is 1.00. The number of hydrogen-bond acceptors (Lipinski definition) is 3. The smallest absolute Gasteiger partial charge is 0.0669 e. The number of nitrogens with zero attached hydrogens (tertiary/aromatic N) is 3. The van der Waals surface area contributed by atoms with Crippen molar-refractivity contribution in [2.45, 2.75) is 12.8 Å². The molecule has 0 N–H and O–H groups in total. The van der Waals surface area contributed by atoms with Gasteiger partial charge in [-0.25, -0.2) is 0 Å². The van der Waals surface area contributed by atoms with Crippen molar-refractivity contribution in [1.82, 2.24) is 4.90 Å². The third-order valence-corrected chi connectivity index (χ3v) is 1.81. The summed E-state index contributed by atoms with van der Waals surface area (Å²) in [4.78, 5) is 2.21. The molecule has 0 aliphatic carbocycles. The highest BCUT2D eigenvalue weighted by molar-refractivity contribution is 4.90. The average molecular weight is 149 g/mol. The van der Waals surface area contributed by atoms with Crippen LogP contribution in [0.1, 0.15) is 12.8 Å². The Labute approximate surface area is 66.8 Å². The third kappa shape index (κ3) is 3.02. The van der Waals surface area contributed by atoms with Crippen molar-refractivity contribution >= 4 is 0 Å². The van der Waals surface area contributed by atoms with Crippen LogP contribution in [0.3, 0.4) is 0 Å². The van der Waals surface area contributed by atoms with Gasteiger partial charge in [0.05, 0.1) is 18.1 Å². The van der Waals surface area contributed by atoms with Crippen molar-refractivity contribution < 1.29 is 0 Å². The molecule has 1 fully saturated rings. The minimum absolute atomic E-state index is 0.0668. The van der Waals surface area contributed by atoms with Crippen molar-refractivity contribution in [3.63, 3.8) is 0 Å². The molecule has 0 aromatic heterocycles. The summed E-state index contributed by atoms with van der Waals surface area (Å²) in [7, 11) is 0. The molecule has 0 amide bonds. The minimum atomic E-state index is 0.0668. The van der Waals surface area contributed by atoms with E-state index in [-0.39, 0.29) is 5.92 Å². The largest absolute Gasteiger partial charge is 0.299 e. The van der Waals surface area contributed by atoms with E-state index >= 15 is 0 Å². The van der Waals surface area contributed by atoms with E-state index in [1.807, 2.05) is 0 Å². The van der Waals surface area contributed by atoms with Crippen molar-refractivity contribution in [2.75, 3.05) is 19.6 Å². The Morgan fingerprint density at radius 3 is 2.55 bits per heavy atom. The lowest BCUT2D eigenvalue weighted by molar-refractivity contribution is 0.455. The Morgan fingerprint density at radius 2 is 2.09 bits per heavy atom. The fourth-order valence-corrected chi connectivity index (χ4v) is 1.00. The van der Waals surface area contributed by atoms with Crippen LogP contribution in [0.25, 0.3) is 0 Å². The van der Waals surface area contributed by atoms with Gasteiger partial charge in [0.1, 0.15) is 0 Å². The Kier molecular flexibility index (Phi) is 2.89. The van der Waals surface area contributed by atoms with Gasteiger partial charge in [-0.3, -0.25) is 4.90 Å². The summed E-state index contributed by atoms with van der Waals surface area (Å²) in [5, 5.41) is 16.9. The molecule has 1 atom stereocenters. The molecule has 0 spiro atoms. The first kappa shape index (κ1) is 8.04. The quantitative estimate of drug-likeness (QED) is 0.554. The zero-order chi connectivity index (χ0) is 8.10. The summed E-state index contributed by atoms with van der Waals surface area (Å²) >= 11 is 0. The van der Waals surface area contributed by atoms with Gasteiger partial charge in [0.15, 0.2) is 0 Å². The van der Waals surface area contributed by atoms with Crippen molar-refractivity contribution in [3.8, 4) is 12.1 Å². The summed E-state index contributed by atoms with van der Waals surface area (Å²) in [6.07, 6.45) is 1.23. The van der Waals surface area contributed by atoms with Crippen molar-refractivity contribution in [3.05, 3.63) is 0 Å². The molecule has 11 heavy (non-hydrogen) atoms. The molecule has 1 aliphatic heterocycles. The molecular weight excluding hydrogens is 138 g/mol. The molecule has 1 heterocycles. The highest BCUT2D eigenvalue weighted by atomic mass is 15.3. The van der Waals surface area contributed by atoms with Crippen LogP contribution in [0, 0.1) is 28.6 Å². The van der Waals surface area contributed by atoms with Crippen LogP contribution in [0.4, 0.5) is 0 Å². The van der Waals surface area contributed by atoms with Gasteiger partial charge in [-0.1, -0.05) is 0 Å². The second-order valence-corrected chi connectivity index (χ2v) is 2.82. The van der Waals surface area contributed by atoms with Crippen LogP contribution in [0.15, 0.2) is 0 Å². The molecule has 1 saturated heterocycles. The zero-order valence-corrected chi connectivity index (χ0v) is 6.45. The fraction of sp³-hybridized carbons (Fsp3) is 0.750. The Morgan fingerprint density at radius 1 is 1.36 bits per heavy atom. The molecule has 0 saturated carbocycles. The maximum Gasteiger partial charge on any atom is 0.0669 e. The second-order valence-electron chi connectivity index (χ2n) is 2.82. The van der Waals surface area contributed by atoms with E-state index in [9.17, 15) is 0 Å². The minimum Gasteiger partial charge on any atom is -0.299 e. The van der Waals surface area contributed by atoms with Crippen LogP contribution in [-0.4, -0.2) is 24.5 Å². The first-order chi connectivity index (χ1) is 5.36. The van der Waals surface area contributed by atoms with E-state index in [4.69, 9.17) is 10.5 Å². The van der Waals surface area contributed by atoms with Gasteiger partial charge >= 0.3 is 0 Å². The maximum absolute atomic E-state index is 8.64. The molecule has 0 bridgehead atoms. The molecule has 0 radical (unpaired) electrons. The van der Waals surface area contributed by atoms with Crippen LogP contribution < -0.4 is 0 Å². The number of hydrogen-bond donors (Lipinski definition) is 0. The van der Waals surface area contributed by atoms with E-state index in [0.29, 0.717) is 6.42 Å². The van der Waals surface area contributed by atoms with Gasteiger partial charge in [0.25, 0.3) is 0 Å². The Balaban J connectivity index is 2.15. The first-order valence-electron chi connectivity index (χ1n) is 3.85. The number of nitriles is 2. The van der Waals surface area contributed by atoms with Crippen LogP contribution in [0.5, 0.6) is 0 Å². The topological polar surface area (TPSA) is 50.6 Å². The molecule has 3 heteroatoms. The number of rotatable bonds is 4. The van der Waals surface area contributed by atoms with Gasteiger partial charge in [0.2, 0.25) is 0 Å². The average Bonchev–Trinajstić information content (AvgIpc) is 2.81. The summed E-state index contributed by atoms with van der Waals surface area (Å²) < 4.78 is 0. The van der Waals surface area contributed by atoms with Gasteiger partial charge in [-0.2, -0.15) is 10.5 Å². The molecule has 1 rings (SSSR count). The van der Waals surface area contributed by atoms with E-state index in [1.165, 1.54) is 0 Å². The highest BCUT2D eigenvalue weighted by Crippen LogP contribution is 2.12. The monoisotopic (exact) mass is 149 g/mol.